The minimum Gasteiger partial charge on any atom is -0.369 e. The molecule has 1 aliphatic rings. The van der Waals surface area contributed by atoms with Crippen LogP contribution in [0, 0.1) is 6.92 Å². The third kappa shape index (κ3) is 4.78. The van der Waals surface area contributed by atoms with Gasteiger partial charge in [0.15, 0.2) is 9.84 Å². The van der Waals surface area contributed by atoms with Crippen LogP contribution in [-0.2, 0) is 15.6 Å². The molecule has 8 heteroatoms. The van der Waals surface area contributed by atoms with Crippen LogP contribution in [-0.4, -0.2) is 56.5 Å². The number of pyridine rings is 1. The Morgan fingerprint density at radius 3 is 2.44 bits per heavy atom. The molecule has 4 aromatic rings. The summed E-state index contributed by atoms with van der Waals surface area (Å²) in [5.41, 5.74) is 7.24. The van der Waals surface area contributed by atoms with Crippen LogP contribution in [0.4, 0.5) is 5.69 Å². The first-order valence-electron chi connectivity index (χ1n) is 11.9. The second-order valence-corrected chi connectivity index (χ2v) is 11.7. The van der Waals surface area contributed by atoms with Crippen LogP contribution in [0.2, 0.25) is 5.02 Å². The number of halogens is 1. The number of benzene rings is 2. The van der Waals surface area contributed by atoms with E-state index >= 15 is 0 Å². The summed E-state index contributed by atoms with van der Waals surface area (Å²) in [6, 6.07) is 16.2. The largest absolute Gasteiger partial charge is 0.369 e. The molecule has 0 saturated carbocycles. The molecule has 0 amide bonds. The highest BCUT2D eigenvalue weighted by Crippen LogP contribution is 2.41. The van der Waals surface area contributed by atoms with E-state index in [-0.39, 0.29) is 5.75 Å². The summed E-state index contributed by atoms with van der Waals surface area (Å²) >= 11 is 6.67. The van der Waals surface area contributed by atoms with Crippen molar-refractivity contribution >= 4 is 38.2 Å². The van der Waals surface area contributed by atoms with Gasteiger partial charge in [-0.3, -0.25) is 0 Å². The van der Waals surface area contributed by atoms with E-state index in [4.69, 9.17) is 11.6 Å². The zero-order chi connectivity index (χ0) is 25.4. The van der Waals surface area contributed by atoms with Gasteiger partial charge in [0.25, 0.3) is 0 Å². The number of fused-ring (bicyclic) bond motifs is 1. The Labute approximate surface area is 217 Å². The summed E-state index contributed by atoms with van der Waals surface area (Å²) in [4.78, 5) is 12.7. The van der Waals surface area contributed by atoms with E-state index in [1.54, 1.807) is 12.3 Å². The van der Waals surface area contributed by atoms with Gasteiger partial charge in [0.2, 0.25) is 0 Å². The summed E-state index contributed by atoms with van der Waals surface area (Å²) in [5.74, 6) is -0.0977. The monoisotopic (exact) mass is 520 g/mol. The molecule has 36 heavy (non-hydrogen) atoms. The summed E-state index contributed by atoms with van der Waals surface area (Å²) in [6.07, 6.45) is 1.68. The number of hydrogen-bond acceptors (Lipinski definition) is 5. The minimum atomic E-state index is -3.40. The molecule has 0 atom stereocenters. The number of H-pyrrole nitrogens is 1. The van der Waals surface area contributed by atoms with Gasteiger partial charge in [0, 0.05) is 54.4 Å². The summed E-state index contributed by atoms with van der Waals surface area (Å²) < 4.78 is 24.6. The number of rotatable bonds is 6. The number of anilines is 1. The van der Waals surface area contributed by atoms with Crippen molar-refractivity contribution in [2.45, 2.75) is 12.7 Å². The van der Waals surface area contributed by atoms with Crippen LogP contribution in [0.1, 0.15) is 11.1 Å². The average Bonchev–Trinajstić information content (AvgIpc) is 3.27. The fourth-order valence-corrected chi connectivity index (χ4v) is 5.85. The lowest BCUT2D eigenvalue weighted by molar-refractivity contribution is 0.313. The van der Waals surface area contributed by atoms with Gasteiger partial charge in [-0.2, -0.15) is 0 Å². The molecule has 1 N–H and O–H groups in total. The molecular weight excluding hydrogens is 492 g/mol. The Balaban J connectivity index is 1.62. The number of nitrogens with one attached hydrogen (secondary N) is 1. The van der Waals surface area contributed by atoms with Gasteiger partial charge in [0.05, 0.1) is 16.5 Å². The SMILES string of the molecule is C=CS(=O)(=O)Cc1cc(-c2c(-c3ccc(N4CCN(C)CC4)cc3)[nH]c3nccc(Cl)c23)ccc1C. The smallest absolute Gasteiger partial charge is 0.175 e. The van der Waals surface area contributed by atoms with E-state index in [1.807, 2.05) is 25.1 Å². The van der Waals surface area contributed by atoms with Crippen molar-refractivity contribution in [3.05, 3.63) is 82.9 Å². The molecule has 0 radical (unpaired) electrons. The molecule has 0 spiro atoms. The van der Waals surface area contributed by atoms with Crippen molar-refractivity contribution in [2.75, 3.05) is 38.1 Å². The molecule has 1 aliphatic heterocycles. The molecule has 0 unspecified atom stereocenters. The summed E-state index contributed by atoms with van der Waals surface area (Å²) in [5, 5.41) is 2.42. The lowest BCUT2D eigenvalue weighted by Gasteiger charge is -2.34. The first-order chi connectivity index (χ1) is 17.3. The van der Waals surface area contributed by atoms with Gasteiger partial charge in [-0.1, -0.05) is 42.4 Å². The van der Waals surface area contributed by atoms with E-state index in [1.165, 1.54) is 5.69 Å². The zero-order valence-electron chi connectivity index (χ0n) is 20.5. The second-order valence-electron chi connectivity index (χ2n) is 9.34. The van der Waals surface area contributed by atoms with Gasteiger partial charge >= 0.3 is 0 Å². The Kier molecular flexibility index (Phi) is 6.64. The van der Waals surface area contributed by atoms with Gasteiger partial charge < -0.3 is 14.8 Å². The highest BCUT2D eigenvalue weighted by Gasteiger charge is 2.21. The molecule has 2 aromatic carbocycles. The molecule has 6 nitrogen and oxygen atoms in total. The van der Waals surface area contributed by atoms with Crippen LogP contribution in [0.5, 0.6) is 0 Å². The lowest BCUT2D eigenvalue weighted by Crippen LogP contribution is -2.44. The van der Waals surface area contributed by atoms with Crippen LogP contribution in [0.3, 0.4) is 0 Å². The van der Waals surface area contributed by atoms with Gasteiger partial charge in [0.1, 0.15) is 5.65 Å². The Morgan fingerprint density at radius 2 is 1.75 bits per heavy atom. The number of aryl methyl sites for hydroxylation is 1. The lowest BCUT2D eigenvalue weighted by atomic mass is 9.96. The van der Waals surface area contributed by atoms with Crippen molar-refractivity contribution in [3.8, 4) is 22.4 Å². The third-order valence-corrected chi connectivity index (χ3v) is 8.45. The Bertz CT molecular complexity index is 1540. The fraction of sp³-hybridized carbons (Fsp3) is 0.250. The molecule has 2 aromatic heterocycles. The molecule has 0 aliphatic carbocycles. The maximum Gasteiger partial charge on any atom is 0.175 e. The Hall–Kier alpha value is -3.13. The van der Waals surface area contributed by atoms with Gasteiger partial charge in [-0.25, -0.2) is 13.4 Å². The van der Waals surface area contributed by atoms with Crippen LogP contribution < -0.4 is 4.90 Å². The number of sulfone groups is 1. The third-order valence-electron chi connectivity index (χ3n) is 6.92. The zero-order valence-corrected chi connectivity index (χ0v) is 22.0. The number of likely N-dealkylation sites (N-methyl/N-ethyl adjacent to an activating group) is 1. The first-order valence-corrected chi connectivity index (χ1v) is 14.0. The van der Waals surface area contributed by atoms with E-state index in [2.05, 4.69) is 57.7 Å². The summed E-state index contributed by atoms with van der Waals surface area (Å²) in [7, 11) is -1.25. The molecule has 3 heterocycles. The van der Waals surface area contributed by atoms with E-state index in [0.29, 0.717) is 10.7 Å². The van der Waals surface area contributed by atoms with Gasteiger partial charge in [-0.05, 0) is 60.5 Å². The van der Waals surface area contributed by atoms with Crippen molar-refractivity contribution in [2.24, 2.45) is 0 Å². The van der Waals surface area contributed by atoms with E-state index < -0.39 is 9.84 Å². The van der Waals surface area contributed by atoms with Crippen LogP contribution >= 0.6 is 11.6 Å². The number of nitrogens with zero attached hydrogens (tertiary/aromatic N) is 3. The van der Waals surface area contributed by atoms with E-state index in [9.17, 15) is 8.42 Å². The minimum absolute atomic E-state index is 0.0977. The summed E-state index contributed by atoms with van der Waals surface area (Å²) in [6.45, 7) is 9.49. The van der Waals surface area contributed by atoms with Crippen LogP contribution in [0.25, 0.3) is 33.4 Å². The number of aromatic amines is 1. The maximum absolute atomic E-state index is 12.3. The number of hydrogen-bond donors (Lipinski definition) is 1. The fourth-order valence-electron chi connectivity index (χ4n) is 4.74. The Morgan fingerprint density at radius 1 is 1.06 bits per heavy atom. The molecule has 0 bridgehead atoms. The quantitative estimate of drug-likeness (QED) is 0.355. The maximum atomic E-state index is 12.3. The highest BCUT2D eigenvalue weighted by molar-refractivity contribution is 7.93. The normalized spacial score (nSPS) is 14.9. The standard InChI is InChI=1S/C28H29ClN4O2S/c1-4-36(34,35)18-22-17-21(6-5-19(22)2)25-26-24(29)11-12-30-28(26)31-27(25)20-7-9-23(10-8-20)33-15-13-32(3)14-16-33/h4-12,17H,1,13-16,18H2,2-3H3,(H,30,31). The van der Waals surface area contributed by atoms with E-state index in [0.717, 1.165) is 70.5 Å². The predicted molar refractivity (Wildman–Crippen MR) is 149 cm³/mol. The van der Waals surface area contributed by atoms with Crippen LogP contribution in [0.15, 0.2) is 66.7 Å². The van der Waals surface area contributed by atoms with Crippen molar-refractivity contribution in [1.29, 1.82) is 0 Å². The number of piperazine rings is 1. The topological polar surface area (TPSA) is 69.3 Å². The van der Waals surface area contributed by atoms with Crippen molar-refractivity contribution < 1.29 is 8.42 Å². The van der Waals surface area contributed by atoms with Gasteiger partial charge in [-0.15, -0.1) is 0 Å². The molecular formula is C28H29ClN4O2S. The molecule has 1 saturated heterocycles. The predicted octanol–water partition coefficient (Wildman–Crippen LogP) is 5.67. The van der Waals surface area contributed by atoms with Crippen molar-refractivity contribution in [1.82, 2.24) is 14.9 Å². The molecule has 186 valence electrons. The average molecular weight is 521 g/mol. The number of aromatic nitrogens is 2. The first kappa shape index (κ1) is 24.6. The molecule has 1 fully saturated rings. The van der Waals surface area contributed by atoms with Crippen molar-refractivity contribution in [3.63, 3.8) is 0 Å². The second kappa shape index (κ2) is 9.73. The molecule has 5 rings (SSSR count). The highest BCUT2D eigenvalue weighted by atomic mass is 35.5.